The molecule has 0 aliphatic carbocycles. The van der Waals surface area contributed by atoms with Crippen LogP contribution in [-0.4, -0.2) is 0 Å². The zero-order valence-corrected chi connectivity index (χ0v) is 16.9. The molecule has 1 heterocycles. The molecule has 1 aliphatic rings. The van der Waals surface area contributed by atoms with Gasteiger partial charge in [-0.2, -0.15) is 4.39 Å². The van der Waals surface area contributed by atoms with Gasteiger partial charge in [0.25, 0.3) is 0 Å². The minimum atomic E-state index is -1.06. The molecule has 1 nitrogen and oxygen atoms in total. The van der Waals surface area contributed by atoms with E-state index in [2.05, 4.69) is 13.5 Å². The van der Waals surface area contributed by atoms with Gasteiger partial charge in [0.1, 0.15) is 0 Å². The van der Waals surface area contributed by atoms with E-state index in [1.54, 1.807) is 24.3 Å². The van der Waals surface area contributed by atoms with Crippen LogP contribution in [0, 0.1) is 17.5 Å². The highest BCUT2D eigenvalue weighted by Gasteiger charge is 2.28. The number of allylic oxidation sites excluding steroid dienone is 1. The SMILES string of the molecule is C=CCCc1cc2c(c(F)c1F)Oc1c(ccc(-c3ccc(CCC)cc3)c1F)C2. The third-order valence-electron chi connectivity index (χ3n) is 5.50. The molecule has 0 saturated carbocycles. The van der Waals surface area contributed by atoms with Crippen LogP contribution in [0.25, 0.3) is 11.1 Å². The third kappa shape index (κ3) is 3.62. The van der Waals surface area contributed by atoms with Gasteiger partial charge in [-0.25, -0.2) is 8.78 Å². The molecule has 0 atom stereocenters. The summed E-state index contributed by atoms with van der Waals surface area (Å²) in [6, 6.07) is 12.8. The molecule has 0 fully saturated rings. The van der Waals surface area contributed by atoms with Gasteiger partial charge in [-0.15, -0.1) is 6.58 Å². The molecule has 4 rings (SSSR count). The molecule has 0 saturated heterocycles. The second-order valence-electron chi connectivity index (χ2n) is 7.62. The molecule has 3 aromatic rings. The minimum absolute atomic E-state index is 0.0326. The number of rotatable bonds is 6. The predicted octanol–water partition coefficient (Wildman–Crippen LogP) is 7.54. The summed E-state index contributed by atoms with van der Waals surface area (Å²) in [5.74, 6) is -2.82. The monoisotopic (exact) mass is 408 g/mol. The van der Waals surface area contributed by atoms with Gasteiger partial charge in [0, 0.05) is 23.1 Å². The molecule has 30 heavy (non-hydrogen) atoms. The number of halogens is 3. The lowest BCUT2D eigenvalue weighted by molar-refractivity contribution is 0.380. The van der Waals surface area contributed by atoms with Crippen LogP contribution in [0.15, 0.2) is 55.1 Å². The number of aryl methyl sites for hydroxylation is 2. The topological polar surface area (TPSA) is 9.23 Å². The normalized spacial score (nSPS) is 12.1. The summed E-state index contributed by atoms with van der Waals surface area (Å²) < 4.78 is 50.0. The molecule has 0 amide bonds. The molecular weight excluding hydrogens is 385 g/mol. The van der Waals surface area contributed by atoms with E-state index in [4.69, 9.17) is 4.74 Å². The summed E-state index contributed by atoms with van der Waals surface area (Å²) in [4.78, 5) is 0. The summed E-state index contributed by atoms with van der Waals surface area (Å²) in [6.07, 6.45) is 4.85. The predicted molar refractivity (Wildman–Crippen MR) is 114 cm³/mol. The van der Waals surface area contributed by atoms with Gasteiger partial charge in [-0.3, -0.25) is 0 Å². The molecule has 154 valence electrons. The van der Waals surface area contributed by atoms with E-state index < -0.39 is 17.5 Å². The van der Waals surface area contributed by atoms with Crippen LogP contribution in [0.1, 0.15) is 42.0 Å². The van der Waals surface area contributed by atoms with Gasteiger partial charge in [0.2, 0.25) is 5.82 Å². The molecular formula is C26H23F3O. The van der Waals surface area contributed by atoms with Crippen molar-refractivity contribution >= 4 is 0 Å². The van der Waals surface area contributed by atoms with Crippen molar-refractivity contribution < 1.29 is 17.9 Å². The van der Waals surface area contributed by atoms with Crippen molar-refractivity contribution in [2.45, 2.75) is 39.0 Å². The van der Waals surface area contributed by atoms with Crippen LogP contribution >= 0.6 is 0 Å². The third-order valence-corrected chi connectivity index (χ3v) is 5.50. The van der Waals surface area contributed by atoms with Crippen LogP contribution < -0.4 is 4.74 Å². The Morgan fingerprint density at radius 1 is 0.900 bits per heavy atom. The molecule has 1 aliphatic heterocycles. The van der Waals surface area contributed by atoms with E-state index >= 15 is 4.39 Å². The highest BCUT2D eigenvalue weighted by Crippen LogP contribution is 2.43. The lowest BCUT2D eigenvalue weighted by atomic mass is 9.93. The van der Waals surface area contributed by atoms with Crippen LogP contribution in [-0.2, 0) is 19.3 Å². The fraction of sp³-hybridized carbons (Fsp3) is 0.231. The Kier molecular flexibility index (Phi) is 5.67. The van der Waals surface area contributed by atoms with Crippen molar-refractivity contribution in [1.82, 2.24) is 0 Å². The molecule has 0 spiro atoms. The molecule has 0 unspecified atom stereocenters. The first kappa shape index (κ1) is 20.3. The highest BCUT2D eigenvalue weighted by atomic mass is 19.2. The minimum Gasteiger partial charge on any atom is -0.450 e. The summed E-state index contributed by atoms with van der Waals surface area (Å²) in [7, 11) is 0. The summed E-state index contributed by atoms with van der Waals surface area (Å²) in [6.45, 7) is 5.73. The van der Waals surface area contributed by atoms with Crippen molar-refractivity contribution in [1.29, 1.82) is 0 Å². The van der Waals surface area contributed by atoms with E-state index in [1.807, 2.05) is 24.3 Å². The molecule has 0 bridgehead atoms. The smallest absolute Gasteiger partial charge is 0.201 e. The number of benzene rings is 3. The fourth-order valence-corrected chi connectivity index (χ4v) is 3.92. The molecule has 4 heteroatoms. The summed E-state index contributed by atoms with van der Waals surface area (Å²) in [5.41, 5.74) is 3.71. The highest BCUT2D eigenvalue weighted by molar-refractivity contribution is 5.69. The lowest BCUT2D eigenvalue weighted by Crippen LogP contribution is -2.10. The first-order chi connectivity index (χ1) is 14.5. The average Bonchev–Trinajstić information content (AvgIpc) is 2.76. The maximum Gasteiger partial charge on any atom is 0.201 e. The van der Waals surface area contributed by atoms with E-state index in [0.29, 0.717) is 29.5 Å². The van der Waals surface area contributed by atoms with Crippen LogP contribution in [0.4, 0.5) is 13.2 Å². The van der Waals surface area contributed by atoms with Gasteiger partial charge in [0.05, 0.1) is 0 Å². The van der Waals surface area contributed by atoms with Crippen molar-refractivity contribution in [2.75, 3.05) is 0 Å². The Bertz CT molecular complexity index is 1100. The van der Waals surface area contributed by atoms with E-state index in [9.17, 15) is 8.78 Å². The number of ether oxygens (including phenoxy) is 1. The van der Waals surface area contributed by atoms with Gasteiger partial charge in [-0.05, 0) is 42.0 Å². The molecule has 0 N–H and O–H groups in total. The molecule has 3 aromatic carbocycles. The number of fused-ring (bicyclic) bond motifs is 2. The van der Waals surface area contributed by atoms with E-state index in [1.165, 1.54) is 5.56 Å². The first-order valence-corrected chi connectivity index (χ1v) is 10.2. The molecule has 0 aromatic heterocycles. The quantitative estimate of drug-likeness (QED) is 0.300. The second-order valence-corrected chi connectivity index (χ2v) is 7.62. The maximum absolute atomic E-state index is 15.3. The van der Waals surface area contributed by atoms with Gasteiger partial charge in [-0.1, -0.05) is 55.8 Å². The van der Waals surface area contributed by atoms with Crippen LogP contribution in [0.3, 0.4) is 0 Å². The average molecular weight is 408 g/mol. The van der Waals surface area contributed by atoms with E-state index in [-0.39, 0.29) is 23.5 Å². The fourth-order valence-electron chi connectivity index (χ4n) is 3.92. The van der Waals surface area contributed by atoms with Gasteiger partial charge in [0.15, 0.2) is 23.1 Å². The Balaban J connectivity index is 1.71. The van der Waals surface area contributed by atoms with Crippen molar-refractivity contribution in [3.63, 3.8) is 0 Å². The summed E-state index contributed by atoms with van der Waals surface area (Å²) in [5, 5.41) is 0. The van der Waals surface area contributed by atoms with Crippen LogP contribution in [0.5, 0.6) is 11.5 Å². The summed E-state index contributed by atoms with van der Waals surface area (Å²) >= 11 is 0. The lowest BCUT2D eigenvalue weighted by Gasteiger charge is -2.23. The van der Waals surface area contributed by atoms with Crippen LogP contribution in [0.2, 0.25) is 0 Å². The largest absolute Gasteiger partial charge is 0.450 e. The Hall–Kier alpha value is -3.01. The Labute approximate surface area is 174 Å². The van der Waals surface area contributed by atoms with Crippen molar-refractivity contribution in [3.8, 4) is 22.6 Å². The van der Waals surface area contributed by atoms with Crippen molar-refractivity contribution in [3.05, 3.63) is 94.8 Å². The number of hydrogen-bond acceptors (Lipinski definition) is 1. The van der Waals surface area contributed by atoms with Crippen molar-refractivity contribution in [2.24, 2.45) is 0 Å². The number of hydrogen-bond donors (Lipinski definition) is 0. The zero-order chi connectivity index (χ0) is 21.3. The Morgan fingerprint density at radius 3 is 2.33 bits per heavy atom. The maximum atomic E-state index is 15.3. The first-order valence-electron chi connectivity index (χ1n) is 10.2. The van der Waals surface area contributed by atoms with E-state index in [0.717, 1.165) is 18.4 Å². The van der Waals surface area contributed by atoms with Gasteiger partial charge < -0.3 is 4.74 Å². The standard InChI is InChI=1S/C26H23F3O/c1-3-5-7-18-14-20-15-19-12-13-21(17-10-8-16(6-4-2)9-11-17)23(28)25(19)30-26(20)24(29)22(18)27/h3,8-14H,1,4-7,15H2,2H3. The van der Waals surface area contributed by atoms with Gasteiger partial charge >= 0.3 is 0 Å². The second kappa shape index (κ2) is 8.39. The Morgan fingerprint density at radius 2 is 1.63 bits per heavy atom. The zero-order valence-electron chi connectivity index (χ0n) is 16.9. The molecule has 0 radical (unpaired) electrons.